The van der Waals surface area contributed by atoms with Crippen molar-refractivity contribution in [3.8, 4) is 0 Å². The Bertz CT molecular complexity index is 534. The van der Waals surface area contributed by atoms with Crippen LogP contribution in [0.5, 0.6) is 0 Å². The smallest absolute Gasteiger partial charge is 0.322 e. The number of urea groups is 1. The summed E-state index contributed by atoms with van der Waals surface area (Å²) in [6.07, 6.45) is 1.65. The van der Waals surface area contributed by atoms with Gasteiger partial charge >= 0.3 is 6.03 Å². The number of amides is 3. The third kappa shape index (κ3) is 4.84. The highest BCUT2D eigenvalue weighted by atomic mass is 127. The maximum absolute atomic E-state index is 12.0. The fraction of sp³-hybridized carbons (Fsp3) is 0.667. The number of halogens is 2. The number of piperidine rings is 1. The van der Waals surface area contributed by atoms with Crippen LogP contribution in [0.15, 0.2) is 16.1 Å². The second-order valence-corrected chi connectivity index (χ2v) is 7.18. The number of carbonyl (C=O) groups excluding carboxylic acids is 2. The van der Waals surface area contributed by atoms with Gasteiger partial charge in [-0.3, -0.25) is 10.1 Å². The molecule has 9 heteroatoms. The standard InChI is InChI=1S/C15H24BrN5O2.HI/c1-4-17-13(18-9-10(2)16)21-7-5-11(6-8-21)15(3)12(22)19-14(23)20-15;/h11H,2,4-9H2,1,3H3,(H,17,18)(H2,19,20,22,23);1H. The van der Waals surface area contributed by atoms with Gasteiger partial charge < -0.3 is 15.5 Å². The van der Waals surface area contributed by atoms with Crippen molar-refractivity contribution in [2.24, 2.45) is 10.9 Å². The zero-order valence-electron chi connectivity index (χ0n) is 14.0. The lowest BCUT2D eigenvalue weighted by molar-refractivity contribution is -0.125. The Morgan fingerprint density at radius 2 is 2.08 bits per heavy atom. The van der Waals surface area contributed by atoms with Gasteiger partial charge in [-0.25, -0.2) is 9.79 Å². The minimum atomic E-state index is -0.803. The molecule has 0 aromatic heterocycles. The first-order chi connectivity index (χ1) is 10.9. The molecule has 2 aliphatic rings. The van der Waals surface area contributed by atoms with Crippen molar-refractivity contribution < 1.29 is 9.59 Å². The number of nitrogens with one attached hydrogen (secondary N) is 3. The van der Waals surface area contributed by atoms with E-state index in [1.807, 2.05) is 13.8 Å². The summed E-state index contributed by atoms with van der Waals surface area (Å²) in [6.45, 7) is 10.6. The van der Waals surface area contributed by atoms with Crippen LogP contribution in [-0.4, -0.2) is 54.5 Å². The van der Waals surface area contributed by atoms with Gasteiger partial charge in [-0.2, -0.15) is 0 Å². The van der Waals surface area contributed by atoms with Crippen molar-refractivity contribution in [2.45, 2.75) is 32.2 Å². The Labute approximate surface area is 168 Å². The lowest BCUT2D eigenvalue weighted by Gasteiger charge is -2.39. The lowest BCUT2D eigenvalue weighted by atomic mass is 9.79. The first-order valence-corrected chi connectivity index (χ1v) is 8.66. The van der Waals surface area contributed by atoms with Crippen LogP contribution in [-0.2, 0) is 4.79 Å². The Morgan fingerprint density at radius 1 is 1.46 bits per heavy atom. The van der Waals surface area contributed by atoms with Crippen molar-refractivity contribution in [3.05, 3.63) is 11.1 Å². The molecule has 3 N–H and O–H groups in total. The Morgan fingerprint density at radius 3 is 2.54 bits per heavy atom. The number of likely N-dealkylation sites (tertiary alicyclic amines) is 1. The highest BCUT2D eigenvalue weighted by Crippen LogP contribution is 2.30. The third-order valence-corrected chi connectivity index (χ3v) is 4.67. The first-order valence-electron chi connectivity index (χ1n) is 7.87. The maximum atomic E-state index is 12.0. The van der Waals surface area contributed by atoms with Crippen LogP contribution in [0, 0.1) is 5.92 Å². The van der Waals surface area contributed by atoms with Gasteiger partial charge in [0.2, 0.25) is 0 Å². The van der Waals surface area contributed by atoms with Gasteiger partial charge in [0.05, 0.1) is 6.54 Å². The van der Waals surface area contributed by atoms with E-state index in [2.05, 4.69) is 48.4 Å². The van der Waals surface area contributed by atoms with Crippen LogP contribution < -0.4 is 16.0 Å². The molecule has 0 spiro atoms. The molecule has 7 nitrogen and oxygen atoms in total. The van der Waals surface area contributed by atoms with E-state index in [1.54, 1.807) is 0 Å². The molecule has 0 radical (unpaired) electrons. The van der Waals surface area contributed by atoms with Gasteiger partial charge in [0, 0.05) is 24.1 Å². The fourth-order valence-corrected chi connectivity index (χ4v) is 3.22. The zero-order chi connectivity index (χ0) is 17.0. The molecule has 0 aromatic carbocycles. The maximum Gasteiger partial charge on any atom is 0.322 e. The van der Waals surface area contributed by atoms with Crippen molar-refractivity contribution in [1.29, 1.82) is 0 Å². The van der Waals surface area contributed by atoms with Crippen molar-refractivity contribution in [1.82, 2.24) is 20.9 Å². The van der Waals surface area contributed by atoms with Crippen LogP contribution >= 0.6 is 39.9 Å². The molecule has 136 valence electrons. The molecule has 1 unspecified atom stereocenters. The number of carbonyl (C=O) groups is 2. The number of hydrogen-bond donors (Lipinski definition) is 3. The largest absolute Gasteiger partial charge is 0.357 e. The summed E-state index contributed by atoms with van der Waals surface area (Å²) >= 11 is 3.32. The SMILES string of the molecule is C=C(Br)CN=C(NCC)N1CCC(C2(C)NC(=O)NC2=O)CC1.I. The minimum Gasteiger partial charge on any atom is -0.357 e. The van der Waals surface area contributed by atoms with Crippen LogP contribution in [0.2, 0.25) is 0 Å². The molecule has 2 rings (SSSR count). The molecular weight excluding hydrogens is 489 g/mol. The Hall–Kier alpha value is -0.840. The predicted octanol–water partition coefficient (Wildman–Crippen LogP) is 1.79. The molecule has 1 atom stereocenters. The number of guanidine groups is 1. The summed E-state index contributed by atoms with van der Waals surface area (Å²) < 4.78 is 0.834. The molecule has 0 aliphatic carbocycles. The summed E-state index contributed by atoms with van der Waals surface area (Å²) in [7, 11) is 0. The van der Waals surface area contributed by atoms with Crippen molar-refractivity contribution in [2.75, 3.05) is 26.2 Å². The van der Waals surface area contributed by atoms with E-state index in [-0.39, 0.29) is 35.8 Å². The van der Waals surface area contributed by atoms with Gasteiger partial charge in [0.15, 0.2) is 5.96 Å². The zero-order valence-corrected chi connectivity index (χ0v) is 17.9. The van der Waals surface area contributed by atoms with E-state index in [4.69, 9.17) is 0 Å². The van der Waals surface area contributed by atoms with Gasteiger partial charge in [0.1, 0.15) is 5.54 Å². The summed E-state index contributed by atoms with van der Waals surface area (Å²) in [5.74, 6) is 0.757. The number of hydrogen-bond acceptors (Lipinski definition) is 3. The fourth-order valence-electron chi connectivity index (χ4n) is 3.10. The van der Waals surface area contributed by atoms with E-state index in [9.17, 15) is 9.59 Å². The number of imide groups is 1. The molecule has 2 saturated heterocycles. The van der Waals surface area contributed by atoms with Gasteiger partial charge in [0.25, 0.3) is 5.91 Å². The van der Waals surface area contributed by atoms with Crippen LogP contribution in [0.3, 0.4) is 0 Å². The topological polar surface area (TPSA) is 85.8 Å². The van der Waals surface area contributed by atoms with Crippen LogP contribution in [0.4, 0.5) is 4.79 Å². The normalized spacial score (nSPS) is 25.0. The van der Waals surface area contributed by atoms with E-state index >= 15 is 0 Å². The predicted molar refractivity (Wildman–Crippen MR) is 109 cm³/mol. The first kappa shape index (κ1) is 21.2. The second-order valence-electron chi connectivity index (χ2n) is 6.06. The minimum absolute atomic E-state index is 0. The highest BCUT2D eigenvalue weighted by Gasteiger charge is 2.48. The van der Waals surface area contributed by atoms with Crippen LogP contribution in [0.25, 0.3) is 0 Å². The average Bonchev–Trinajstić information content (AvgIpc) is 2.77. The summed E-state index contributed by atoms with van der Waals surface area (Å²) in [4.78, 5) is 30.2. The summed E-state index contributed by atoms with van der Waals surface area (Å²) in [6, 6.07) is -0.398. The molecule has 2 fully saturated rings. The molecule has 0 bridgehead atoms. The van der Waals surface area contributed by atoms with E-state index in [0.717, 1.165) is 42.9 Å². The van der Waals surface area contributed by atoms with E-state index < -0.39 is 11.6 Å². The summed E-state index contributed by atoms with van der Waals surface area (Å²) in [5, 5.41) is 8.40. The van der Waals surface area contributed by atoms with Gasteiger partial charge in [-0.1, -0.05) is 22.5 Å². The Kier molecular flexibility index (Phi) is 7.97. The number of nitrogens with zero attached hydrogens (tertiary/aromatic N) is 2. The quantitative estimate of drug-likeness (QED) is 0.231. The van der Waals surface area contributed by atoms with Crippen molar-refractivity contribution >= 4 is 57.8 Å². The molecule has 2 aliphatic heterocycles. The number of aliphatic imine (C=N–C) groups is 1. The molecule has 24 heavy (non-hydrogen) atoms. The molecule has 0 saturated carbocycles. The Balaban J connectivity index is 0.00000288. The molecule has 3 amide bonds. The lowest BCUT2D eigenvalue weighted by Crippen LogP contribution is -2.55. The monoisotopic (exact) mass is 513 g/mol. The molecular formula is C15H25BrIN5O2. The van der Waals surface area contributed by atoms with Gasteiger partial charge in [-0.05, 0) is 32.6 Å². The highest BCUT2D eigenvalue weighted by molar-refractivity contribution is 14.0. The number of rotatable bonds is 4. The third-order valence-electron chi connectivity index (χ3n) is 4.42. The van der Waals surface area contributed by atoms with Gasteiger partial charge in [-0.15, -0.1) is 24.0 Å². The van der Waals surface area contributed by atoms with Crippen LogP contribution in [0.1, 0.15) is 26.7 Å². The average molecular weight is 514 g/mol. The second kappa shape index (κ2) is 9.02. The van der Waals surface area contributed by atoms with Crippen molar-refractivity contribution in [3.63, 3.8) is 0 Å². The summed E-state index contributed by atoms with van der Waals surface area (Å²) in [5.41, 5.74) is -0.803. The van der Waals surface area contributed by atoms with E-state index in [1.165, 1.54) is 0 Å². The van der Waals surface area contributed by atoms with E-state index in [0.29, 0.717) is 6.54 Å². The molecule has 0 aromatic rings. The molecule has 2 heterocycles.